The van der Waals surface area contributed by atoms with Crippen LogP contribution in [0.15, 0.2) is 22.6 Å². The van der Waals surface area contributed by atoms with Gasteiger partial charge in [0.25, 0.3) is 0 Å². The van der Waals surface area contributed by atoms with Gasteiger partial charge < -0.3 is 9.15 Å². The van der Waals surface area contributed by atoms with Crippen LogP contribution >= 0.6 is 0 Å². The van der Waals surface area contributed by atoms with Gasteiger partial charge in [-0.05, 0) is 44.0 Å². The molecule has 2 aromatic rings. The van der Waals surface area contributed by atoms with E-state index in [1.165, 1.54) is 0 Å². The first kappa shape index (κ1) is 13.7. The van der Waals surface area contributed by atoms with E-state index in [4.69, 9.17) is 9.15 Å². The molecule has 19 heavy (non-hydrogen) atoms. The van der Waals surface area contributed by atoms with Gasteiger partial charge in [0.05, 0.1) is 12.2 Å². The van der Waals surface area contributed by atoms with Crippen molar-refractivity contribution in [3.05, 3.63) is 35.1 Å². The van der Waals surface area contributed by atoms with Crippen molar-refractivity contribution in [3.63, 3.8) is 0 Å². The van der Waals surface area contributed by atoms with E-state index in [1.54, 1.807) is 0 Å². The predicted molar refractivity (Wildman–Crippen MR) is 75.5 cm³/mol. The zero-order valence-corrected chi connectivity index (χ0v) is 11.8. The molecular weight excluding hydrogens is 240 g/mol. The third-order valence-electron chi connectivity index (χ3n) is 3.19. The maximum atomic E-state index is 11.8. The van der Waals surface area contributed by atoms with Crippen molar-refractivity contribution < 1.29 is 13.9 Å². The lowest BCUT2D eigenvalue weighted by molar-refractivity contribution is 0.0525. The number of unbranched alkanes of at least 4 members (excludes halogenated alkanes) is 1. The van der Waals surface area contributed by atoms with E-state index in [0.29, 0.717) is 12.2 Å². The molecule has 0 saturated carbocycles. The standard InChI is InChI=1S/C16H20O3/c1-4-6-7-13-9-12-10-14(16(17)18-5-2)11(3)8-15(12)19-13/h8-10H,4-7H2,1-3H3. The van der Waals surface area contributed by atoms with Gasteiger partial charge in [-0.25, -0.2) is 4.79 Å². The fraction of sp³-hybridized carbons (Fsp3) is 0.438. The van der Waals surface area contributed by atoms with Crippen LogP contribution in [0.25, 0.3) is 11.0 Å². The van der Waals surface area contributed by atoms with E-state index >= 15 is 0 Å². The lowest BCUT2D eigenvalue weighted by Gasteiger charge is -2.04. The maximum Gasteiger partial charge on any atom is 0.338 e. The molecule has 0 aliphatic rings. The summed E-state index contributed by atoms with van der Waals surface area (Å²) in [6.07, 6.45) is 3.20. The first-order chi connectivity index (χ1) is 9.15. The predicted octanol–water partition coefficient (Wildman–Crippen LogP) is 4.26. The van der Waals surface area contributed by atoms with Crippen molar-refractivity contribution >= 4 is 16.9 Å². The number of rotatable bonds is 5. The van der Waals surface area contributed by atoms with Crippen molar-refractivity contribution in [1.82, 2.24) is 0 Å². The number of ether oxygens (including phenoxy) is 1. The number of furan rings is 1. The molecule has 0 unspecified atom stereocenters. The van der Waals surface area contributed by atoms with Crippen LogP contribution in [0.2, 0.25) is 0 Å². The van der Waals surface area contributed by atoms with Crippen molar-refractivity contribution in [2.24, 2.45) is 0 Å². The van der Waals surface area contributed by atoms with Crippen molar-refractivity contribution in [2.45, 2.75) is 40.0 Å². The zero-order valence-electron chi connectivity index (χ0n) is 11.8. The Bertz CT molecular complexity index is 581. The molecule has 0 radical (unpaired) electrons. The summed E-state index contributed by atoms with van der Waals surface area (Å²) in [4.78, 5) is 11.8. The molecule has 0 N–H and O–H groups in total. The topological polar surface area (TPSA) is 39.4 Å². The Hall–Kier alpha value is -1.77. The average molecular weight is 260 g/mol. The summed E-state index contributed by atoms with van der Waals surface area (Å²) in [7, 11) is 0. The Morgan fingerprint density at radius 1 is 1.26 bits per heavy atom. The molecule has 1 aromatic carbocycles. The number of hydrogen-bond donors (Lipinski definition) is 0. The quantitative estimate of drug-likeness (QED) is 0.754. The van der Waals surface area contributed by atoms with Crippen LogP contribution in [0.1, 0.15) is 48.4 Å². The van der Waals surface area contributed by atoms with Gasteiger partial charge in [0, 0.05) is 11.8 Å². The highest BCUT2D eigenvalue weighted by molar-refractivity contribution is 5.96. The van der Waals surface area contributed by atoms with Crippen LogP contribution in [0.3, 0.4) is 0 Å². The summed E-state index contributed by atoms with van der Waals surface area (Å²) in [6, 6.07) is 5.80. The summed E-state index contributed by atoms with van der Waals surface area (Å²) < 4.78 is 10.9. The molecule has 1 heterocycles. The van der Waals surface area contributed by atoms with Gasteiger partial charge >= 0.3 is 5.97 Å². The van der Waals surface area contributed by atoms with Crippen molar-refractivity contribution in [2.75, 3.05) is 6.61 Å². The highest BCUT2D eigenvalue weighted by atomic mass is 16.5. The molecule has 2 rings (SSSR count). The molecule has 102 valence electrons. The molecule has 0 aliphatic carbocycles. The Morgan fingerprint density at radius 3 is 2.74 bits per heavy atom. The minimum atomic E-state index is -0.266. The smallest absolute Gasteiger partial charge is 0.338 e. The van der Waals surface area contributed by atoms with E-state index in [0.717, 1.165) is 41.6 Å². The fourth-order valence-corrected chi connectivity index (χ4v) is 2.15. The molecule has 0 saturated heterocycles. The van der Waals surface area contributed by atoms with Crippen molar-refractivity contribution in [1.29, 1.82) is 0 Å². The number of esters is 1. The van der Waals surface area contributed by atoms with Gasteiger partial charge in [0.2, 0.25) is 0 Å². The first-order valence-electron chi connectivity index (χ1n) is 6.85. The lowest BCUT2D eigenvalue weighted by atomic mass is 10.1. The molecule has 0 amide bonds. The molecule has 0 fully saturated rings. The third-order valence-corrected chi connectivity index (χ3v) is 3.19. The second-order valence-electron chi connectivity index (χ2n) is 4.74. The normalized spacial score (nSPS) is 10.9. The molecule has 0 spiro atoms. The van der Waals surface area contributed by atoms with Crippen LogP contribution in [0, 0.1) is 6.92 Å². The second-order valence-corrected chi connectivity index (χ2v) is 4.74. The number of hydrogen-bond acceptors (Lipinski definition) is 3. The molecular formula is C16H20O3. The average Bonchev–Trinajstić information content (AvgIpc) is 2.77. The van der Waals surface area contributed by atoms with Crippen molar-refractivity contribution in [3.8, 4) is 0 Å². The summed E-state index contributed by atoms with van der Waals surface area (Å²) in [5.41, 5.74) is 2.36. The summed E-state index contributed by atoms with van der Waals surface area (Å²) in [5, 5.41) is 0.972. The van der Waals surface area contributed by atoms with Crippen LogP contribution in [0.4, 0.5) is 0 Å². The molecule has 0 atom stereocenters. The second kappa shape index (κ2) is 5.91. The maximum absolute atomic E-state index is 11.8. The summed E-state index contributed by atoms with van der Waals surface area (Å²) in [5.74, 6) is 0.718. The van der Waals surface area contributed by atoms with Gasteiger partial charge in [-0.2, -0.15) is 0 Å². The number of carbonyl (C=O) groups is 1. The minimum absolute atomic E-state index is 0.266. The molecule has 1 aromatic heterocycles. The van der Waals surface area contributed by atoms with E-state index in [-0.39, 0.29) is 5.97 Å². The van der Waals surface area contributed by atoms with E-state index in [9.17, 15) is 4.79 Å². The van der Waals surface area contributed by atoms with Gasteiger partial charge in [-0.15, -0.1) is 0 Å². The lowest BCUT2D eigenvalue weighted by Crippen LogP contribution is -2.06. The van der Waals surface area contributed by atoms with Gasteiger partial charge in [-0.3, -0.25) is 0 Å². The third kappa shape index (κ3) is 2.98. The largest absolute Gasteiger partial charge is 0.462 e. The van der Waals surface area contributed by atoms with Crippen LogP contribution in [-0.4, -0.2) is 12.6 Å². The highest BCUT2D eigenvalue weighted by Crippen LogP contribution is 2.25. The summed E-state index contributed by atoms with van der Waals surface area (Å²) in [6.45, 7) is 6.27. The number of aryl methyl sites for hydroxylation is 2. The van der Waals surface area contributed by atoms with Crippen LogP contribution in [0.5, 0.6) is 0 Å². The van der Waals surface area contributed by atoms with Gasteiger partial charge in [0.15, 0.2) is 0 Å². The van der Waals surface area contributed by atoms with E-state index in [2.05, 4.69) is 6.92 Å². The summed E-state index contributed by atoms with van der Waals surface area (Å²) >= 11 is 0. The number of carbonyl (C=O) groups excluding carboxylic acids is 1. The van der Waals surface area contributed by atoms with Crippen LogP contribution < -0.4 is 0 Å². The Morgan fingerprint density at radius 2 is 2.05 bits per heavy atom. The van der Waals surface area contributed by atoms with Gasteiger partial charge in [-0.1, -0.05) is 13.3 Å². The monoisotopic (exact) mass is 260 g/mol. The van der Waals surface area contributed by atoms with Crippen LogP contribution in [-0.2, 0) is 11.2 Å². The number of fused-ring (bicyclic) bond motifs is 1. The molecule has 0 aliphatic heterocycles. The SMILES string of the molecule is CCCCc1cc2cc(C(=O)OCC)c(C)cc2o1. The van der Waals surface area contributed by atoms with Gasteiger partial charge in [0.1, 0.15) is 11.3 Å². The Kier molecular flexibility index (Phi) is 4.25. The molecule has 0 bridgehead atoms. The Balaban J connectivity index is 2.35. The fourth-order valence-electron chi connectivity index (χ4n) is 2.15. The minimum Gasteiger partial charge on any atom is -0.462 e. The first-order valence-corrected chi connectivity index (χ1v) is 6.85. The molecule has 3 nitrogen and oxygen atoms in total. The zero-order chi connectivity index (χ0) is 13.8. The highest BCUT2D eigenvalue weighted by Gasteiger charge is 2.13. The van der Waals surface area contributed by atoms with E-state index in [1.807, 2.05) is 32.0 Å². The Labute approximate surface area is 113 Å². The number of benzene rings is 1. The van der Waals surface area contributed by atoms with E-state index < -0.39 is 0 Å². The molecule has 3 heteroatoms.